The smallest absolute Gasteiger partial charge is 0.271 e. The van der Waals surface area contributed by atoms with Gasteiger partial charge in [0.1, 0.15) is 17.8 Å². The number of rotatable bonds is 4. The maximum absolute atomic E-state index is 11.8. The molecule has 0 radical (unpaired) electrons. The van der Waals surface area contributed by atoms with Gasteiger partial charge in [0.15, 0.2) is 0 Å². The summed E-state index contributed by atoms with van der Waals surface area (Å²) in [5.41, 5.74) is 3.05. The summed E-state index contributed by atoms with van der Waals surface area (Å²) < 4.78 is 1.81. The van der Waals surface area contributed by atoms with E-state index in [0.29, 0.717) is 12.2 Å². The molecule has 7 heteroatoms. The van der Waals surface area contributed by atoms with Gasteiger partial charge in [-0.1, -0.05) is 0 Å². The Morgan fingerprint density at radius 1 is 1.35 bits per heavy atom. The predicted molar refractivity (Wildman–Crippen MR) is 74.6 cm³/mol. The van der Waals surface area contributed by atoms with E-state index in [1.54, 1.807) is 29.6 Å². The molecule has 0 bridgehead atoms. The summed E-state index contributed by atoms with van der Waals surface area (Å²) in [4.78, 5) is 24.0. The Morgan fingerprint density at radius 2 is 2.30 bits per heavy atom. The van der Waals surface area contributed by atoms with Crippen molar-refractivity contribution in [2.75, 3.05) is 0 Å². The third-order valence-corrected chi connectivity index (χ3v) is 3.28. The van der Waals surface area contributed by atoms with Gasteiger partial charge in [-0.2, -0.15) is 0 Å². The van der Waals surface area contributed by atoms with Gasteiger partial charge in [0.2, 0.25) is 0 Å². The minimum Gasteiger partial charge on any atom is -0.347 e. The molecule has 6 nitrogen and oxygen atoms in total. The van der Waals surface area contributed by atoms with Gasteiger partial charge in [0, 0.05) is 30.5 Å². The van der Waals surface area contributed by atoms with E-state index in [9.17, 15) is 4.79 Å². The molecule has 0 saturated carbocycles. The van der Waals surface area contributed by atoms with Gasteiger partial charge >= 0.3 is 0 Å². The minimum atomic E-state index is -0.174. The zero-order chi connectivity index (χ0) is 13.8. The van der Waals surface area contributed by atoms with E-state index < -0.39 is 0 Å². The molecule has 0 saturated heterocycles. The summed E-state index contributed by atoms with van der Waals surface area (Å²) in [6.45, 7) is 0.431. The lowest BCUT2D eigenvalue weighted by molar-refractivity contribution is 0.0946. The number of hydrogen-bond donors (Lipinski definition) is 1. The fourth-order valence-corrected chi connectivity index (χ4v) is 2.24. The summed E-state index contributed by atoms with van der Waals surface area (Å²) >= 11 is 1.40. The van der Waals surface area contributed by atoms with Crippen molar-refractivity contribution < 1.29 is 4.79 Å². The molecule has 0 aliphatic rings. The van der Waals surface area contributed by atoms with Crippen LogP contribution >= 0.6 is 11.3 Å². The normalized spacial score (nSPS) is 10.4. The van der Waals surface area contributed by atoms with Crippen LogP contribution in [-0.4, -0.2) is 25.4 Å². The number of thiazole rings is 1. The zero-order valence-corrected chi connectivity index (χ0v) is 11.2. The number of hydrogen-bond acceptors (Lipinski definition) is 5. The van der Waals surface area contributed by atoms with Crippen LogP contribution in [0.1, 0.15) is 16.1 Å². The van der Waals surface area contributed by atoms with E-state index in [0.717, 1.165) is 11.4 Å². The highest BCUT2D eigenvalue weighted by molar-refractivity contribution is 7.07. The molecular weight excluding hydrogens is 274 g/mol. The first-order chi connectivity index (χ1) is 9.83. The van der Waals surface area contributed by atoms with E-state index in [1.165, 1.54) is 11.3 Å². The van der Waals surface area contributed by atoms with Gasteiger partial charge in [-0.3, -0.25) is 9.36 Å². The first kappa shape index (κ1) is 12.5. The second-order valence-electron chi connectivity index (χ2n) is 4.05. The Balaban J connectivity index is 1.69. The van der Waals surface area contributed by atoms with E-state index in [-0.39, 0.29) is 5.91 Å². The monoisotopic (exact) mass is 285 g/mol. The molecule has 1 amide bonds. The molecule has 0 fully saturated rings. The highest BCUT2D eigenvalue weighted by Crippen LogP contribution is 2.07. The Kier molecular flexibility index (Phi) is 3.51. The number of nitrogens with zero attached hydrogens (tertiary/aromatic N) is 4. The second kappa shape index (κ2) is 5.62. The summed E-state index contributed by atoms with van der Waals surface area (Å²) in [7, 11) is 0. The van der Waals surface area contributed by atoms with Crippen LogP contribution in [0.25, 0.3) is 5.82 Å². The average molecular weight is 285 g/mol. The Hall–Kier alpha value is -2.54. The predicted octanol–water partition coefficient (Wildman–Crippen LogP) is 1.65. The molecule has 1 N–H and O–H groups in total. The number of carbonyl (C=O) groups excluding carboxylic acids is 1. The van der Waals surface area contributed by atoms with Crippen LogP contribution in [0.5, 0.6) is 0 Å². The summed E-state index contributed by atoms with van der Waals surface area (Å²) in [6.07, 6.45) is 6.90. The van der Waals surface area contributed by atoms with Gasteiger partial charge in [-0.15, -0.1) is 11.3 Å². The molecular formula is C13H11N5OS. The zero-order valence-electron chi connectivity index (χ0n) is 10.4. The molecule has 20 heavy (non-hydrogen) atoms. The molecule has 3 aromatic heterocycles. The van der Waals surface area contributed by atoms with E-state index >= 15 is 0 Å². The molecule has 3 rings (SSSR count). The molecule has 0 aromatic carbocycles. The fourth-order valence-electron chi connectivity index (χ4n) is 1.70. The molecule has 3 heterocycles. The van der Waals surface area contributed by atoms with Crippen molar-refractivity contribution >= 4 is 17.2 Å². The molecule has 0 spiro atoms. The third kappa shape index (κ3) is 2.72. The molecule has 0 aliphatic heterocycles. The van der Waals surface area contributed by atoms with Gasteiger partial charge in [-0.25, -0.2) is 15.0 Å². The lowest BCUT2D eigenvalue weighted by Gasteiger charge is -2.06. The highest BCUT2D eigenvalue weighted by atomic mass is 32.1. The molecule has 0 aliphatic carbocycles. The Morgan fingerprint density at radius 3 is 3.05 bits per heavy atom. The SMILES string of the molecule is O=C(NCc1ccnc(-n2ccnc2)c1)c1cscn1. The minimum absolute atomic E-state index is 0.174. The summed E-state index contributed by atoms with van der Waals surface area (Å²) in [6, 6.07) is 3.77. The maximum Gasteiger partial charge on any atom is 0.271 e. The Labute approximate surface area is 119 Å². The van der Waals surface area contributed by atoms with Crippen molar-refractivity contribution in [3.63, 3.8) is 0 Å². The van der Waals surface area contributed by atoms with Crippen LogP contribution in [0.3, 0.4) is 0 Å². The number of amides is 1. The van der Waals surface area contributed by atoms with Crippen LogP contribution in [-0.2, 0) is 6.54 Å². The number of aromatic nitrogens is 4. The average Bonchev–Trinajstić information content (AvgIpc) is 3.17. The highest BCUT2D eigenvalue weighted by Gasteiger charge is 2.07. The maximum atomic E-state index is 11.8. The van der Waals surface area contributed by atoms with E-state index in [4.69, 9.17) is 0 Å². The second-order valence-corrected chi connectivity index (χ2v) is 4.77. The van der Waals surface area contributed by atoms with Crippen molar-refractivity contribution in [2.24, 2.45) is 0 Å². The standard InChI is InChI=1S/C13H11N5OS/c19-13(11-7-20-9-17-11)16-6-10-1-2-15-12(5-10)18-4-3-14-8-18/h1-5,7-9H,6H2,(H,16,19). The van der Waals surface area contributed by atoms with Crippen molar-refractivity contribution in [1.82, 2.24) is 24.8 Å². The summed E-state index contributed by atoms with van der Waals surface area (Å²) in [5.74, 6) is 0.593. The number of imidazole rings is 1. The van der Waals surface area contributed by atoms with E-state index in [2.05, 4.69) is 20.3 Å². The lowest BCUT2D eigenvalue weighted by Crippen LogP contribution is -2.23. The Bertz CT molecular complexity index is 693. The molecule has 0 unspecified atom stereocenters. The largest absolute Gasteiger partial charge is 0.347 e. The van der Waals surface area contributed by atoms with Crippen LogP contribution in [0, 0.1) is 0 Å². The molecule has 3 aromatic rings. The third-order valence-electron chi connectivity index (χ3n) is 2.70. The number of nitrogens with one attached hydrogen (secondary N) is 1. The van der Waals surface area contributed by atoms with Crippen molar-refractivity contribution in [2.45, 2.75) is 6.54 Å². The van der Waals surface area contributed by atoms with Crippen LogP contribution in [0.4, 0.5) is 0 Å². The van der Waals surface area contributed by atoms with Gasteiger partial charge in [0.05, 0.1) is 5.51 Å². The first-order valence-electron chi connectivity index (χ1n) is 5.92. The van der Waals surface area contributed by atoms with Crippen molar-refractivity contribution in [1.29, 1.82) is 0 Å². The van der Waals surface area contributed by atoms with Gasteiger partial charge in [-0.05, 0) is 17.7 Å². The van der Waals surface area contributed by atoms with Crippen LogP contribution in [0.2, 0.25) is 0 Å². The van der Waals surface area contributed by atoms with Crippen molar-refractivity contribution in [3.8, 4) is 5.82 Å². The number of carbonyl (C=O) groups is 1. The van der Waals surface area contributed by atoms with Crippen LogP contribution < -0.4 is 5.32 Å². The topological polar surface area (TPSA) is 72.7 Å². The lowest BCUT2D eigenvalue weighted by atomic mass is 10.2. The first-order valence-corrected chi connectivity index (χ1v) is 6.87. The molecule has 100 valence electrons. The fraction of sp³-hybridized carbons (Fsp3) is 0.0769. The van der Waals surface area contributed by atoms with Gasteiger partial charge < -0.3 is 5.32 Å². The number of pyridine rings is 1. The van der Waals surface area contributed by atoms with E-state index in [1.807, 2.05) is 22.9 Å². The van der Waals surface area contributed by atoms with Gasteiger partial charge in [0.25, 0.3) is 5.91 Å². The van der Waals surface area contributed by atoms with Crippen LogP contribution in [0.15, 0.2) is 47.9 Å². The summed E-state index contributed by atoms with van der Waals surface area (Å²) in [5, 5.41) is 4.55. The quantitative estimate of drug-likeness (QED) is 0.791. The molecule has 0 atom stereocenters. The van der Waals surface area contributed by atoms with Crippen molar-refractivity contribution in [3.05, 3.63) is 59.2 Å².